The van der Waals surface area contributed by atoms with E-state index in [0.29, 0.717) is 12.5 Å². The van der Waals surface area contributed by atoms with E-state index in [1.165, 1.54) is 0 Å². The topological polar surface area (TPSA) is 29.5 Å². The molecule has 1 amide bonds. The molecule has 0 spiro atoms. The van der Waals surface area contributed by atoms with E-state index in [9.17, 15) is 4.79 Å². The average Bonchev–Trinajstić information content (AvgIpc) is 2.52. The standard InChI is InChI=1S/C18H23NO2/c1-5-12-19(13-6-2)18(20)14-21-17-11-9-8-10-16(17)15(4)7-3/h1,6,8-11,15H,2,7,12-14H2,3-4H3/t15-/m0/s1. The van der Waals surface area contributed by atoms with Crippen molar-refractivity contribution in [3.05, 3.63) is 42.5 Å². The number of carbonyl (C=O) groups is 1. The van der Waals surface area contributed by atoms with Crippen LogP contribution in [-0.4, -0.2) is 30.5 Å². The van der Waals surface area contributed by atoms with Crippen molar-refractivity contribution >= 4 is 5.91 Å². The first kappa shape index (κ1) is 16.8. The molecule has 0 N–H and O–H groups in total. The minimum Gasteiger partial charge on any atom is -0.483 e. The molecule has 0 unspecified atom stereocenters. The summed E-state index contributed by atoms with van der Waals surface area (Å²) in [6, 6.07) is 7.83. The third-order valence-corrected chi connectivity index (χ3v) is 3.40. The van der Waals surface area contributed by atoms with E-state index < -0.39 is 0 Å². The molecule has 0 saturated heterocycles. The van der Waals surface area contributed by atoms with Crippen LogP contribution in [0.2, 0.25) is 0 Å². The van der Waals surface area contributed by atoms with Gasteiger partial charge < -0.3 is 9.64 Å². The normalized spacial score (nSPS) is 11.3. The van der Waals surface area contributed by atoms with Crippen molar-refractivity contribution in [2.24, 2.45) is 0 Å². The molecule has 0 radical (unpaired) electrons. The average molecular weight is 285 g/mol. The molecule has 0 fully saturated rings. The number of carbonyl (C=O) groups excluding carboxylic acids is 1. The van der Waals surface area contributed by atoms with Crippen LogP contribution in [-0.2, 0) is 4.79 Å². The van der Waals surface area contributed by atoms with E-state index >= 15 is 0 Å². The van der Waals surface area contributed by atoms with E-state index in [1.807, 2.05) is 24.3 Å². The highest BCUT2D eigenvalue weighted by molar-refractivity contribution is 5.78. The van der Waals surface area contributed by atoms with E-state index in [4.69, 9.17) is 11.2 Å². The number of para-hydroxylation sites is 1. The van der Waals surface area contributed by atoms with Gasteiger partial charge in [0.05, 0.1) is 6.54 Å². The van der Waals surface area contributed by atoms with Crippen molar-refractivity contribution < 1.29 is 9.53 Å². The Morgan fingerprint density at radius 3 is 2.86 bits per heavy atom. The summed E-state index contributed by atoms with van der Waals surface area (Å²) in [5.74, 6) is 3.50. The summed E-state index contributed by atoms with van der Waals surface area (Å²) in [5, 5.41) is 0. The van der Waals surface area contributed by atoms with Crippen LogP contribution in [0.5, 0.6) is 5.75 Å². The lowest BCUT2D eigenvalue weighted by molar-refractivity contribution is -0.132. The molecule has 0 aliphatic carbocycles. The Morgan fingerprint density at radius 1 is 1.52 bits per heavy atom. The van der Waals surface area contributed by atoms with Crippen LogP contribution >= 0.6 is 0 Å². The largest absolute Gasteiger partial charge is 0.483 e. The molecule has 0 heterocycles. The van der Waals surface area contributed by atoms with Crippen molar-refractivity contribution in [1.29, 1.82) is 0 Å². The minimum absolute atomic E-state index is 0.0109. The van der Waals surface area contributed by atoms with Crippen LogP contribution in [0.3, 0.4) is 0 Å². The lowest BCUT2D eigenvalue weighted by atomic mass is 9.98. The molecule has 0 aliphatic rings. The molecular weight excluding hydrogens is 262 g/mol. The first-order valence-corrected chi connectivity index (χ1v) is 7.17. The van der Waals surface area contributed by atoms with Crippen LogP contribution in [0.15, 0.2) is 36.9 Å². The van der Waals surface area contributed by atoms with Gasteiger partial charge in [-0.05, 0) is 24.0 Å². The second-order valence-electron chi connectivity index (χ2n) is 4.90. The zero-order valence-corrected chi connectivity index (χ0v) is 12.8. The second kappa shape index (κ2) is 8.86. The number of hydrogen-bond donors (Lipinski definition) is 0. The molecule has 112 valence electrons. The number of hydrogen-bond acceptors (Lipinski definition) is 2. The van der Waals surface area contributed by atoms with E-state index in [2.05, 4.69) is 26.3 Å². The summed E-state index contributed by atoms with van der Waals surface area (Å²) in [6.07, 6.45) is 7.94. The molecule has 21 heavy (non-hydrogen) atoms. The Hall–Kier alpha value is -2.21. The zero-order chi connectivity index (χ0) is 15.7. The van der Waals surface area contributed by atoms with Crippen LogP contribution in [0.4, 0.5) is 0 Å². The molecule has 1 rings (SSSR count). The number of terminal acetylenes is 1. The maximum Gasteiger partial charge on any atom is 0.261 e. The monoisotopic (exact) mass is 285 g/mol. The Kier molecular flexibility index (Phi) is 7.11. The summed E-state index contributed by atoms with van der Waals surface area (Å²) in [7, 11) is 0. The minimum atomic E-state index is -0.133. The maximum absolute atomic E-state index is 12.1. The van der Waals surface area contributed by atoms with Crippen molar-refractivity contribution in [3.8, 4) is 18.1 Å². The predicted octanol–water partition coefficient (Wildman–Crippen LogP) is 3.23. The molecule has 3 heteroatoms. The van der Waals surface area contributed by atoms with Gasteiger partial charge in [0.1, 0.15) is 5.75 Å². The number of nitrogens with zero attached hydrogens (tertiary/aromatic N) is 1. The van der Waals surface area contributed by atoms with Crippen molar-refractivity contribution in [2.75, 3.05) is 19.7 Å². The Bertz CT molecular complexity index is 516. The smallest absolute Gasteiger partial charge is 0.261 e. The van der Waals surface area contributed by atoms with Crippen LogP contribution < -0.4 is 4.74 Å². The van der Waals surface area contributed by atoms with Gasteiger partial charge in [-0.25, -0.2) is 0 Å². The Balaban J connectivity index is 2.72. The number of rotatable bonds is 8. The summed E-state index contributed by atoms with van der Waals surface area (Å²) in [4.78, 5) is 13.6. The number of benzene rings is 1. The van der Waals surface area contributed by atoms with Crippen LogP contribution in [0, 0.1) is 12.3 Å². The maximum atomic E-state index is 12.1. The molecule has 0 saturated carbocycles. The molecule has 0 aromatic heterocycles. The SMILES string of the molecule is C#CCN(CC=C)C(=O)COc1ccccc1[C@@H](C)CC. The van der Waals surface area contributed by atoms with Crippen LogP contribution in [0.25, 0.3) is 0 Å². The molecule has 0 aliphatic heterocycles. The summed E-state index contributed by atoms with van der Waals surface area (Å²) < 4.78 is 5.70. The van der Waals surface area contributed by atoms with Crippen LogP contribution in [0.1, 0.15) is 31.7 Å². The molecule has 3 nitrogen and oxygen atoms in total. The molecule has 1 atom stereocenters. The van der Waals surface area contributed by atoms with Gasteiger partial charge in [0, 0.05) is 6.54 Å². The second-order valence-corrected chi connectivity index (χ2v) is 4.90. The predicted molar refractivity (Wildman–Crippen MR) is 86.3 cm³/mol. The van der Waals surface area contributed by atoms with Gasteiger partial charge in [-0.1, -0.05) is 44.0 Å². The van der Waals surface area contributed by atoms with Crippen molar-refractivity contribution in [2.45, 2.75) is 26.2 Å². The zero-order valence-electron chi connectivity index (χ0n) is 12.8. The highest BCUT2D eigenvalue weighted by Gasteiger charge is 2.14. The van der Waals surface area contributed by atoms with E-state index in [0.717, 1.165) is 17.7 Å². The fraction of sp³-hybridized carbons (Fsp3) is 0.389. The van der Waals surface area contributed by atoms with E-state index in [-0.39, 0.29) is 19.1 Å². The first-order chi connectivity index (χ1) is 10.1. The number of amides is 1. The van der Waals surface area contributed by atoms with Gasteiger partial charge in [-0.15, -0.1) is 13.0 Å². The van der Waals surface area contributed by atoms with Gasteiger partial charge in [0.15, 0.2) is 6.61 Å². The summed E-state index contributed by atoms with van der Waals surface area (Å²) >= 11 is 0. The van der Waals surface area contributed by atoms with Gasteiger partial charge in [0.2, 0.25) is 0 Å². The lowest BCUT2D eigenvalue weighted by Crippen LogP contribution is -2.35. The quantitative estimate of drug-likeness (QED) is 0.542. The molecular formula is C18H23NO2. The highest BCUT2D eigenvalue weighted by atomic mass is 16.5. The molecule has 1 aromatic rings. The third-order valence-electron chi connectivity index (χ3n) is 3.40. The first-order valence-electron chi connectivity index (χ1n) is 7.17. The van der Waals surface area contributed by atoms with Crippen molar-refractivity contribution in [1.82, 2.24) is 4.90 Å². The van der Waals surface area contributed by atoms with Gasteiger partial charge in [-0.3, -0.25) is 4.79 Å². The van der Waals surface area contributed by atoms with Gasteiger partial charge in [0.25, 0.3) is 5.91 Å². The highest BCUT2D eigenvalue weighted by Crippen LogP contribution is 2.28. The fourth-order valence-corrected chi connectivity index (χ4v) is 1.99. The molecule has 0 bridgehead atoms. The Morgan fingerprint density at radius 2 is 2.24 bits per heavy atom. The van der Waals surface area contributed by atoms with Gasteiger partial charge in [-0.2, -0.15) is 0 Å². The van der Waals surface area contributed by atoms with Gasteiger partial charge >= 0.3 is 0 Å². The fourth-order valence-electron chi connectivity index (χ4n) is 1.99. The van der Waals surface area contributed by atoms with E-state index in [1.54, 1.807) is 11.0 Å². The summed E-state index contributed by atoms with van der Waals surface area (Å²) in [5.41, 5.74) is 1.13. The third kappa shape index (κ3) is 5.00. The number of ether oxygens (including phenoxy) is 1. The molecule has 1 aromatic carbocycles. The lowest BCUT2D eigenvalue weighted by Gasteiger charge is -2.20. The summed E-state index contributed by atoms with van der Waals surface area (Å²) in [6.45, 7) is 8.59. The van der Waals surface area contributed by atoms with Crippen molar-refractivity contribution in [3.63, 3.8) is 0 Å². The Labute approximate surface area is 127 Å².